The van der Waals surface area contributed by atoms with Gasteiger partial charge in [0.25, 0.3) is 0 Å². The topological polar surface area (TPSA) is 40.5 Å². The van der Waals surface area contributed by atoms with Crippen molar-refractivity contribution in [3.63, 3.8) is 0 Å². The van der Waals surface area contributed by atoms with E-state index < -0.39 is 0 Å². The molecule has 2 heteroatoms. The molecule has 0 saturated carbocycles. The molecule has 0 atom stereocenters. The number of hydrogen-bond donors (Lipinski definition) is 2. The van der Waals surface area contributed by atoms with Crippen LogP contribution in [0.25, 0.3) is 0 Å². The van der Waals surface area contributed by atoms with Gasteiger partial charge in [-0.3, -0.25) is 0 Å². The average molecular weight is 131 g/mol. The molecular formula is C7H15O2. The molecule has 9 heavy (non-hydrogen) atoms. The van der Waals surface area contributed by atoms with Crippen LogP contribution >= 0.6 is 0 Å². The van der Waals surface area contributed by atoms with E-state index in [9.17, 15) is 0 Å². The van der Waals surface area contributed by atoms with Crippen molar-refractivity contribution in [3.8, 4) is 0 Å². The molecule has 0 aliphatic rings. The van der Waals surface area contributed by atoms with E-state index in [1.807, 2.05) is 6.92 Å². The number of hydrogen-bond acceptors (Lipinski definition) is 2. The average Bonchev–Trinajstić information content (AvgIpc) is 1.88. The molecule has 2 N–H and O–H groups in total. The Morgan fingerprint density at radius 2 is 1.56 bits per heavy atom. The molecule has 55 valence electrons. The summed E-state index contributed by atoms with van der Waals surface area (Å²) in [6.07, 6.45) is 2.47. The Kier molecular flexibility index (Phi) is 5.99. The molecule has 0 heterocycles. The maximum Gasteiger partial charge on any atom is 0.0436 e. The Morgan fingerprint density at radius 1 is 1.11 bits per heavy atom. The zero-order valence-electron chi connectivity index (χ0n) is 5.93. The molecule has 0 amide bonds. The molecule has 2 nitrogen and oxygen atoms in total. The third-order valence-corrected chi connectivity index (χ3v) is 1.43. The van der Waals surface area contributed by atoms with Gasteiger partial charge in [0.2, 0.25) is 0 Å². The predicted molar refractivity (Wildman–Crippen MR) is 36.9 cm³/mol. The summed E-state index contributed by atoms with van der Waals surface area (Å²) in [7, 11) is 0. The molecule has 1 radical (unpaired) electrons. The molecule has 0 rings (SSSR count). The van der Waals surface area contributed by atoms with Crippen LogP contribution in [0.1, 0.15) is 26.2 Å². The lowest BCUT2D eigenvalue weighted by Gasteiger charge is -2.08. The molecule has 0 bridgehead atoms. The van der Waals surface area contributed by atoms with Crippen molar-refractivity contribution in [2.24, 2.45) is 0 Å². The fourth-order valence-electron chi connectivity index (χ4n) is 0.795. The van der Waals surface area contributed by atoms with E-state index >= 15 is 0 Å². The normalized spacial score (nSPS) is 10.7. The molecule has 0 aliphatic heterocycles. The summed E-state index contributed by atoms with van der Waals surface area (Å²) in [4.78, 5) is 0. The van der Waals surface area contributed by atoms with Crippen LogP contribution in [0.5, 0.6) is 0 Å². The summed E-state index contributed by atoms with van der Waals surface area (Å²) in [6.45, 7) is 2.47. The molecule has 0 aliphatic carbocycles. The molecule has 0 fully saturated rings. The van der Waals surface area contributed by atoms with Crippen LogP contribution in [0.3, 0.4) is 0 Å². The molecular weight excluding hydrogens is 116 g/mol. The first-order valence-electron chi connectivity index (χ1n) is 3.40. The quantitative estimate of drug-likeness (QED) is 0.577. The fraction of sp³-hybridized carbons (Fsp3) is 0.857. The Hall–Kier alpha value is -0.0800. The van der Waals surface area contributed by atoms with Gasteiger partial charge in [-0.15, -0.1) is 0 Å². The predicted octanol–water partition coefficient (Wildman–Crippen LogP) is 0.736. The minimum Gasteiger partial charge on any atom is -0.396 e. The zero-order valence-corrected chi connectivity index (χ0v) is 5.93. The largest absolute Gasteiger partial charge is 0.396 e. The summed E-state index contributed by atoms with van der Waals surface area (Å²) in [5.74, 6) is 1.25. The second kappa shape index (κ2) is 6.05. The highest BCUT2D eigenvalue weighted by Crippen LogP contribution is 2.13. The maximum absolute atomic E-state index is 8.49. The van der Waals surface area contributed by atoms with Gasteiger partial charge >= 0.3 is 0 Å². The van der Waals surface area contributed by atoms with Gasteiger partial charge in [0.15, 0.2) is 0 Å². The molecule has 0 spiro atoms. The summed E-state index contributed by atoms with van der Waals surface area (Å²) in [5, 5.41) is 17.0. The van der Waals surface area contributed by atoms with E-state index in [0.717, 1.165) is 19.3 Å². The summed E-state index contributed by atoms with van der Waals surface area (Å²) in [5.41, 5.74) is 0. The van der Waals surface area contributed by atoms with Gasteiger partial charge in [0, 0.05) is 13.2 Å². The van der Waals surface area contributed by atoms with Crippen molar-refractivity contribution in [2.75, 3.05) is 13.2 Å². The third kappa shape index (κ3) is 4.43. The smallest absolute Gasteiger partial charge is 0.0436 e. The molecule has 0 saturated heterocycles. The van der Waals surface area contributed by atoms with Gasteiger partial charge in [0.05, 0.1) is 0 Å². The minimum absolute atomic E-state index is 0.211. The standard InChI is InChI=1S/C7H15O2/c1-2-7(3-5-8)4-6-9/h8-9H,2-6H2,1H3. The minimum atomic E-state index is 0.211. The maximum atomic E-state index is 8.49. The van der Waals surface area contributed by atoms with Crippen LogP contribution in [0.4, 0.5) is 0 Å². The van der Waals surface area contributed by atoms with E-state index in [0.29, 0.717) is 0 Å². The lowest BCUT2D eigenvalue weighted by atomic mass is 10.00. The highest BCUT2D eigenvalue weighted by atomic mass is 16.3. The summed E-state index contributed by atoms with van der Waals surface area (Å²) < 4.78 is 0. The number of rotatable bonds is 5. The van der Waals surface area contributed by atoms with Crippen LogP contribution in [0.15, 0.2) is 0 Å². The third-order valence-electron chi connectivity index (χ3n) is 1.43. The highest BCUT2D eigenvalue weighted by molar-refractivity contribution is 4.86. The van der Waals surface area contributed by atoms with Crippen molar-refractivity contribution in [1.29, 1.82) is 0 Å². The van der Waals surface area contributed by atoms with Gasteiger partial charge in [-0.2, -0.15) is 0 Å². The first-order valence-corrected chi connectivity index (χ1v) is 3.40. The Morgan fingerprint density at radius 3 is 1.78 bits per heavy atom. The second-order valence-electron chi connectivity index (χ2n) is 2.05. The van der Waals surface area contributed by atoms with Crippen molar-refractivity contribution in [1.82, 2.24) is 0 Å². The van der Waals surface area contributed by atoms with E-state index in [1.54, 1.807) is 0 Å². The van der Waals surface area contributed by atoms with Gasteiger partial charge in [0.1, 0.15) is 0 Å². The Labute approximate surface area is 56.5 Å². The van der Waals surface area contributed by atoms with E-state index in [2.05, 4.69) is 0 Å². The van der Waals surface area contributed by atoms with Crippen LogP contribution in [0.2, 0.25) is 0 Å². The van der Waals surface area contributed by atoms with Crippen molar-refractivity contribution >= 4 is 0 Å². The first-order chi connectivity index (χ1) is 4.35. The van der Waals surface area contributed by atoms with Gasteiger partial charge in [-0.1, -0.05) is 6.92 Å². The van der Waals surface area contributed by atoms with Crippen molar-refractivity contribution < 1.29 is 10.2 Å². The zero-order chi connectivity index (χ0) is 7.11. The molecule has 0 aromatic heterocycles. The van der Waals surface area contributed by atoms with Gasteiger partial charge in [-0.05, 0) is 25.2 Å². The number of aliphatic hydroxyl groups excluding tert-OH is 2. The summed E-state index contributed by atoms with van der Waals surface area (Å²) in [6, 6.07) is 0. The highest BCUT2D eigenvalue weighted by Gasteiger charge is 2.03. The fourth-order valence-corrected chi connectivity index (χ4v) is 0.795. The van der Waals surface area contributed by atoms with E-state index in [4.69, 9.17) is 10.2 Å². The van der Waals surface area contributed by atoms with Crippen molar-refractivity contribution in [3.05, 3.63) is 5.92 Å². The molecule has 0 unspecified atom stereocenters. The van der Waals surface area contributed by atoms with E-state index in [1.165, 1.54) is 5.92 Å². The first kappa shape index (κ1) is 8.92. The number of aliphatic hydroxyl groups is 2. The molecule has 0 aromatic rings. The van der Waals surface area contributed by atoms with Crippen LogP contribution < -0.4 is 0 Å². The van der Waals surface area contributed by atoms with Crippen LogP contribution in [-0.2, 0) is 0 Å². The lowest BCUT2D eigenvalue weighted by molar-refractivity contribution is 0.264. The lowest BCUT2D eigenvalue weighted by Crippen LogP contribution is -2.01. The monoisotopic (exact) mass is 131 g/mol. The second-order valence-corrected chi connectivity index (χ2v) is 2.05. The van der Waals surface area contributed by atoms with Crippen LogP contribution in [-0.4, -0.2) is 23.4 Å². The van der Waals surface area contributed by atoms with Crippen molar-refractivity contribution in [2.45, 2.75) is 26.2 Å². The Bertz CT molecular complexity index is 48.9. The molecule has 0 aromatic carbocycles. The van der Waals surface area contributed by atoms with Gasteiger partial charge in [-0.25, -0.2) is 0 Å². The van der Waals surface area contributed by atoms with E-state index in [-0.39, 0.29) is 13.2 Å². The van der Waals surface area contributed by atoms with Crippen LogP contribution in [0, 0.1) is 5.92 Å². The Balaban J connectivity index is 3.18. The van der Waals surface area contributed by atoms with Gasteiger partial charge < -0.3 is 10.2 Å². The summed E-state index contributed by atoms with van der Waals surface area (Å²) >= 11 is 0. The SMILES string of the molecule is CC[C](CCO)CCO.